The number of fused-ring (bicyclic) bond motifs is 5. The Balaban J connectivity index is 1.66. The minimum atomic E-state index is -0.870. The fourth-order valence-corrected chi connectivity index (χ4v) is 6.19. The highest BCUT2D eigenvalue weighted by Crippen LogP contribution is 2.47. The maximum atomic E-state index is 11.8. The van der Waals surface area contributed by atoms with E-state index in [0.29, 0.717) is 11.5 Å². The zero-order valence-corrected chi connectivity index (χ0v) is 20.7. The van der Waals surface area contributed by atoms with E-state index in [1.54, 1.807) is 6.07 Å². The van der Waals surface area contributed by atoms with Gasteiger partial charge < -0.3 is 14.6 Å². The molecule has 5 nitrogen and oxygen atoms in total. The van der Waals surface area contributed by atoms with E-state index in [1.165, 1.54) is 60.0 Å². The molecule has 1 fully saturated rings. The molecule has 1 aliphatic heterocycles. The van der Waals surface area contributed by atoms with Gasteiger partial charge in [-0.25, -0.2) is 9.21 Å². The first kappa shape index (κ1) is 23.3. The number of rotatable bonds is 7. The molecular formula is C28H34ClN3O2. The number of halogens is 1. The zero-order valence-electron chi connectivity index (χ0n) is 20.0. The number of carboxylic acid groups (broad SMARTS) is 1. The van der Waals surface area contributed by atoms with Crippen molar-refractivity contribution in [2.45, 2.75) is 57.9 Å². The number of anilines is 1. The molecule has 2 heterocycles. The molecule has 0 saturated heterocycles. The molecule has 0 bridgehead atoms. The molecule has 2 aromatic carbocycles. The second kappa shape index (κ2) is 10.0. The highest BCUT2D eigenvalue weighted by molar-refractivity contribution is 6.13. The third-order valence-corrected chi connectivity index (χ3v) is 7.87. The number of carboxylic acids is 1. The molecule has 1 saturated carbocycles. The summed E-state index contributed by atoms with van der Waals surface area (Å²) in [5, 5.41) is 10.9. The molecule has 34 heavy (non-hydrogen) atoms. The lowest BCUT2D eigenvalue weighted by Crippen LogP contribution is -2.33. The largest absolute Gasteiger partial charge is 0.478 e. The van der Waals surface area contributed by atoms with Crippen LogP contribution in [-0.2, 0) is 6.54 Å². The summed E-state index contributed by atoms with van der Waals surface area (Å²) in [7, 11) is 0. The predicted octanol–water partition coefficient (Wildman–Crippen LogP) is 6.74. The van der Waals surface area contributed by atoms with Gasteiger partial charge in [-0.15, -0.1) is 0 Å². The van der Waals surface area contributed by atoms with Crippen molar-refractivity contribution in [1.82, 2.24) is 8.99 Å². The first-order valence-electron chi connectivity index (χ1n) is 12.7. The van der Waals surface area contributed by atoms with Gasteiger partial charge in [-0.05, 0) is 60.7 Å². The predicted molar refractivity (Wildman–Crippen MR) is 140 cm³/mol. The Morgan fingerprint density at radius 1 is 1.09 bits per heavy atom. The Labute approximate surface area is 207 Å². The average Bonchev–Trinajstić information content (AvgIpc) is 3.09. The molecule has 1 aromatic heterocycles. The summed E-state index contributed by atoms with van der Waals surface area (Å²) in [6.45, 7) is 6.39. The molecular weight excluding hydrogens is 446 g/mol. The summed E-state index contributed by atoms with van der Waals surface area (Å²) in [6.07, 6.45) is 7.29. The quantitative estimate of drug-likeness (QED) is 0.381. The Bertz CT molecular complexity index is 1180. The van der Waals surface area contributed by atoms with E-state index < -0.39 is 5.97 Å². The van der Waals surface area contributed by atoms with E-state index >= 15 is 0 Å². The van der Waals surface area contributed by atoms with Crippen molar-refractivity contribution in [2.24, 2.45) is 0 Å². The van der Waals surface area contributed by atoms with E-state index in [4.69, 9.17) is 11.8 Å². The summed E-state index contributed by atoms with van der Waals surface area (Å²) in [6, 6.07) is 14.4. The summed E-state index contributed by atoms with van der Waals surface area (Å²) in [5.41, 5.74) is 6.63. The summed E-state index contributed by atoms with van der Waals surface area (Å²) >= 11 is 6.43. The van der Waals surface area contributed by atoms with E-state index in [9.17, 15) is 9.90 Å². The van der Waals surface area contributed by atoms with Gasteiger partial charge in [-0.3, -0.25) is 0 Å². The van der Waals surface area contributed by atoms with Gasteiger partial charge in [-0.1, -0.05) is 50.5 Å². The van der Waals surface area contributed by atoms with Gasteiger partial charge in [-0.2, -0.15) is 0 Å². The van der Waals surface area contributed by atoms with Crippen LogP contribution in [0.1, 0.15) is 67.3 Å². The lowest BCUT2D eigenvalue weighted by molar-refractivity contribution is 0.0697. The molecule has 6 heteroatoms. The van der Waals surface area contributed by atoms with Crippen LogP contribution in [0.4, 0.5) is 5.69 Å². The Morgan fingerprint density at radius 3 is 2.65 bits per heavy atom. The maximum absolute atomic E-state index is 11.8. The van der Waals surface area contributed by atoms with Crippen LogP contribution in [0.25, 0.3) is 22.2 Å². The molecule has 0 unspecified atom stereocenters. The standard InChI is InChI=1S/C28H34ClN3O2/c1-2-14-31(29)17-15-30-16-18-32-25-19-21(28(33)34)12-13-22(25)26(20-8-4-3-5-9-20)27(32)23-10-6-7-11-24(23)30/h6-7,10-13,19-20H,2-5,8-9,14-18H2,1H3,(H,33,34). The van der Waals surface area contributed by atoms with E-state index in [0.717, 1.165) is 44.7 Å². The van der Waals surface area contributed by atoms with Crippen molar-refractivity contribution in [3.05, 3.63) is 53.6 Å². The van der Waals surface area contributed by atoms with Crippen LogP contribution in [0.15, 0.2) is 42.5 Å². The minimum absolute atomic E-state index is 0.356. The van der Waals surface area contributed by atoms with E-state index in [2.05, 4.69) is 46.7 Å². The third-order valence-electron chi connectivity index (χ3n) is 7.54. The summed E-state index contributed by atoms with van der Waals surface area (Å²) in [5.74, 6) is -0.351. The maximum Gasteiger partial charge on any atom is 0.335 e. The average molecular weight is 480 g/mol. The molecule has 2 aliphatic rings. The Kier molecular flexibility index (Phi) is 6.84. The van der Waals surface area contributed by atoms with Crippen molar-refractivity contribution in [3.8, 4) is 11.3 Å². The van der Waals surface area contributed by atoms with Gasteiger partial charge in [0, 0.05) is 54.9 Å². The number of benzene rings is 2. The van der Waals surface area contributed by atoms with Crippen molar-refractivity contribution >= 4 is 34.3 Å². The van der Waals surface area contributed by atoms with Gasteiger partial charge in [0.05, 0.1) is 11.3 Å². The van der Waals surface area contributed by atoms with Crippen LogP contribution < -0.4 is 4.90 Å². The van der Waals surface area contributed by atoms with Gasteiger partial charge in [0.2, 0.25) is 0 Å². The molecule has 0 amide bonds. The number of carbonyl (C=O) groups is 1. The second-order valence-electron chi connectivity index (χ2n) is 9.70. The normalized spacial score (nSPS) is 16.5. The molecule has 0 radical (unpaired) electrons. The highest BCUT2D eigenvalue weighted by Gasteiger charge is 2.30. The number of hydrogen-bond acceptors (Lipinski definition) is 3. The Morgan fingerprint density at radius 2 is 1.88 bits per heavy atom. The van der Waals surface area contributed by atoms with E-state index in [-0.39, 0.29) is 0 Å². The first-order valence-corrected chi connectivity index (χ1v) is 13.1. The second-order valence-corrected chi connectivity index (χ2v) is 10.2. The topological polar surface area (TPSA) is 48.7 Å². The molecule has 180 valence electrons. The monoisotopic (exact) mass is 479 g/mol. The van der Waals surface area contributed by atoms with Gasteiger partial charge in [0.1, 0.15) is 0 Å². The van der Waals surface area contributed by atoms with Crippen LogP contribution >= 0.6 is 11.8 Å². The first-order chi connectivity index (χ1) is 16.6. The SMILES string of the molecule is CCCN(Cl)CCN1CCn2c(c(C3CCCCC3)c3ccc(C(=O)O)cc32)-c2ccccc21. The van der Waals surface area contributed by atoms with Gasteiger partial charge in [0.25, 0.3) is 0 Å². The number of aromatic carboxylic acids is 1. The molecule has 0 atom stereocenters. The smallest absolute Gasteiger partial charge is 0.335 e. The highest BCUT2D eigenvalue weighted by atomic mass is 35.5. The van der Waals surface area contributed by atoms with Gasteiger partial charge in [0.15, 0.2) is 0 Å². The number of aromatic nitrogens is 1. The zero-order chi connectivity index (χ0) is 23.7. The molecule has 1 N–H and O–H groups in total. The lowest BCUT2D eigenvalue weighted by atomic mass is 9.81. The molecule has 5 rings (SSSR count). The van der Waals surface area contributed by atoms with Crippen LogP contribution in [0, 0.1) is 0 Å². The van der Waals surface area contributed by atoms with Crippen molar-refractivity contribution in [3.63, 3.8) is 0 Å². The fraction of sp³-hybridized carbons (Fsp3) is 0.464. The third kappa shape index (κ3) is 4.32. The van der Waals surface area contributed by atoms with Crippen LogP contribution in [0.5, 0.6) is 0 Å². The number of nitrogens with zero attached hydrogens (tertiary/aromatic N) is 3. The molecule has 3 aromatic rings. The summed E-state index contributed by atoms with van der Waals surface area (Å²) < 4.78 is 4.28. The summed E-state index contributed by atoms with van der Waals surface area (Å²) in [4.78, 5) is 14.3. The van der Waals surface area contributed by atoms with Crippen molar-refractivity contribution in [2.75, 3.05) is 31.1 Å². The van der Waals surface area contributed by atoms with Crippen LogP contribution in [-0.4, -0.2) is 46.2 Å². The lowest BCUT2D eigenvalue weighted by Gasteiger charge is -2.27. The molecule has 0 spiro atoms. The number of para-hydroxylation sites is 1. The van der Waals surface area contributed by atoms with Crippen molar-refractivity contribution < 1.29 is 9.90 Å². The molecule has 1 aliphatic carbocycles. The minimum Gasteiger partial charge on any atom is -0.478 e. The fourth-order valence-electron chi connectivity index (χ4n) is 5.94. The van der Waals surface area contributed by atoms with Crippen LogP contribution in [0.3, 0.4) is 0 Å². The van der Waals surface area contributed by atoms with E-state index in [1.807, 2.05) is 10.5 Å². The Hall–Kier alpha value is -2.50. The number of hydrogen-bond donors (Lipinski definition) is 1. The van der Waals surface area contributed by atoms with Gasteiger partial charge >= 0.3 is 5.97 Å². The van der Waals surface area contributed by atoms with Crippen LogP contribution in [0.2, 0.25) is 0 Å². The van der Waals surface area contributed by atoms with Crippen molar-refractivity contribution in [1.29, 1.82) is 0 Å².